The maximum absolute atomic E-state index is 3.67. The van der Waals surface area contributed by atoms with Crippen LogP contribution in [0.4, 0.5) is 0 Å². The molecule has 0 heterocycles. The minimum atomic E-state index is -0.955. The molecule has 2 aliphatic carbocycles. The third kappa shape index (κ3) is 2.34. The van der Waals surface area contributed by atoms with Crippen LogP contribution in [0.5, 0.6) is 0 Å². The van der Waals surface area contributed by atoms with Gasteiger partial charge in [-0.1, -0.05) is 37.2 Å². The van der Waals surface area contributed by atoms with Crippen LogP contribution in [0.2, 0.25) is 25.2 Å². The number of hydrogen-bond acceptors (Lipinski definition) is 0. The molecule has 0 aromatic heterocycles. The van der Waals surface area contributed by atoms with Crippen molar-refractivity contribution in [2.75, 3.05) is 0 Å². The van der Waals surface area contributed by atoms with Crippen molar-refractivity contribution in [2.45, 2.75) is 64.7 Å². The van der Waals surface area contributed by atoms with Gasteiger partial charge < -0.3 is 0 Å². The molecule has 0 bridgehead atoms. The van der Waals surface area contributed by atoms with Crippen LogP contribution in [-0.2, 0) is 0 Å². The van der Waals surface area contributed by atoms with Crippen molar-refractivity contribution in [1.29, 1.82) is 0 Å². The highest BCUT2D eigenvalue weighted by atomic mass is 28.3. The van der Waals surface area contributed by atoms with Gasteiger partial charge in [-0.2, -0.15) is 0 Å². The van der Waals surface area contributed by atoms with Gasteiger partial charge >= 0.3 is 0 Å². The summed E-state index contributed by atoms with van der Waals surface area (Å²) in [7, 11) is -0.955. The zero-order chi connectivity index (χ0) is 11.8. The first-order valence-electron chi connectivity index (χ1n) is 6.86. The Kier molecular flexibility index (Phi) is 3.44. The molecule has 0 fully saturated rings. The molecular formula is C15H25Si. The van der Waals surface area contributed by atoms with Crippen molar-refractivity contribution in [2.24, 2.45) is 5.92 Å². The topological polar surface area (TPSA) is 0 Å². The third-order valence-electron chi connectivity index (χ3n) is 4.52. The Bertz CT molecular complexity index is 333. The van der Waals surface area contributed by atoms with Crippen LogP contribution in [0, 0.1) is 12.0 Å². The number of allylic oxidation sites excluding steroid dienone is 4. The van der Waals surface area contributed by atoms with E-state index in [0.29, 0.717) is 0 Å². The highest BCUT2D eigenvalue weighted by molar-refractivity contribution is 6.77. The molecule has 2 rings (SSSR count). The molecule has 0 spiro atoms. The van der Waals surface area contributed by atoms with E-state index in [-0.39, 0.29) is 0 Å². The van der Waals surface area contributed by atoms with Crippen molar-refractivity contribution in [3.63, 3.8) is 0 Å². The van der Waals surface area contributed by atoms with Crippen molar-refractivity contribution in [3.05, 3.63) is 22.8 Å². The Morgan fingerprint density at radius 1 is 1.25 bits per heavy atom. The van der Waals surface area contributed by atoms with Gasteiger partial charge in [0.2, 0.25) is 0 Å². The van der Waals surface area contributed by atoms with E-state index in [9.17, 15) is 0 Å². The predicted octanol–water partition coefficient (Wildman–Crippen LogP) is 4.96. The molecule has 0 aromatic carbocycles. The lowest BCUT2D eigenvalue weighted by Crippen LogP contribution is -2.28. The van der Waals surface area contributed by atoms with E-state index in [4.69, 9.17) is 0 Å². The largest absolute Gasteiger partial charge is 0.0693 e. The van der Waals surface area contributed by atoms with Gasteiger partial charge in [-0.15, -0.1) is 0 Å². The average molecular weight is 233 g/mol. The van der Waals surface area contributed by atoms with Gasteiger partial charge in [0.25, 0.3) is 0 Å². The van der Waals surface area contributed by atoms with Gasteiger partial charge in [0.15, 0.2) is 0 Å². The van der Waals surface area contributed by atoms with Crippen molar-refractivity contribution in [1.82, 2.24) is 0 Å². The van der Waals surface area contributed by atoms with Crippen LogP contribution in [0.25, 0.3) is 0 Å². The SMILES string of the molecule is CC[Si](C)(C)CC1C(C)=[C]C2=C1CCCC2. The van der Waals surface area contributed by atoms with E-state index in [1.54, 1.807) is 16.7 Å². The monoisotopic (exact) mass is 233 g/mol. The molecule has 0 saturated heterocycles. The van der Waals surface area contributed by atoms with Gasteiger partial charge in [-0.05, 0) is 56.2 Å². The molecule has 0 amide bonds. The van der Waals surface area contributed by atoms with Crippen LogP contribution in [-0.4, -0.2) is 8.07 Å². The second-order valence-electron chi connectivity index (χ2n) is 6.29. The van der Waals surface area contributed by atoms with Crippen LogP contribution in [0.15, 0.2) is 16.7 Å². The lowest BCUT2D eigenvalue weighted by molar-refractivity contribution is 0.632. The van der Waals surface area contributed by atoms with Gasteiger partial charge in [0, 0.05) is 8.07 Å². The third-order valence-corrected chi connectivity index (χ3v) is 7.94. The standard InChI is InChI=1S/C15H25Si/c1-5-16(3,4)11-15-12(2)10-13-8-6-7-9-14(13)15/h15H,5-9,11H2,1-4H3. The predicted molar refractivity (Wildman–Crippen MR) is 74.2 cm³/mol. The highest BCUT2D eigenvalue weighted by Gasteiger charge is 2.32. The Labute approximate surface area is 102 Å². The highest BCUT2D eigenvalue weighted by Crippen LogP contribution is 2.43. The normalized spacial score (nSPS) is 25.8. The zero-order valence-corrected chi connectivity index (χ0v) is 12.3. The zero-order valence-electron chi connectivity index (χ0n) is 11.3. The summed E-state index contributed by atoms with van der Waals surface area (Å²) < 4.78 is 0. The summed E-state index contributed by atoms with van der Waals surface area (Å²) in [5.41, 5.74) is 4.91. The number of rotatable bonds is 3. The molecule has 0 aromatic rings. The molecule has 1 radical (unpaired) electrons. The summed E-state index contributed by atoms with van der Waals surface area (Å²) in [4.78, 5) is 0. The lowest BCUT2D eigenvalue weighted by Gasteiger charge is -2.29. The van der Waals surface area contributed by atoms with E-state index in [1.807, 2.05) is 0 Å². The molecule has 0 nitrogen and oxygen atoms in total. The summed E-state index contributed by atoms with van der Waals surface area (Å²) in [6.45, 7) is 9.77. The first kappa shape index (κ1) is 12.2. The lowest BCUT2D eigenvalue weighted by atomic mass is 9.88. The first-order chi connectivity index (χ1) is 7.53. The maximum Gasteiger partial charge on any atom is 0.0480 e. The van der Waals surface area contributed by atoms with Crippen LogP contribution in [0.3, 0.4) is 0 Å². The van der Waals surface area contributed by atoms with Crippen LogP contribution < -0.4 is 0 Å². The summed E-state index contributed by atoms with van der Waals surface area (Å²) in [6.07, 6.45) is 9.14. The van der Waals surface area contributed by atoms with Gasteiger partial charge in [-0.3, -0.25) is 0 Å². The Morgan fingerprint density at radius 2 is 1.94 bits per heavy atom. The van der Waals surface area contributed by atoms with Crippen molar-refractivity contribution in [3.8, 4) is 0 Å². The second-order valence-corrected chi connectivity index (χ2v) is 11.7. The Morgan fingerprint density at radius 3 is 2.62 bits per heavy atom. The summed E-state index contributed by atoms with van der Waals surface area (Å²) in [6, 6.07) is 2.88. The molecule has 0 N–H and O–H groups in total. The fourth-order valence-corrected chi connectivity index (χ4v) is 4.96. The molecule has 1 heteroatoms. The minimum Gasteiger partial charge on any atom is -0.0693 e. The summed E-state index contributed by atoms with van der Waals surface area (Å²) in [5.74, 6) is 0.789. The van der Waals surface area contributed by atoms with Gasteiger partial charge in [-0.25, -0.2) is 0 Å². The van der Waals surface area contributed by atoms with Gasteiger partial charge in [0.1, 0.15) is 0 Å². The Hall–Kier alpha value is -0.303. The van der Waals surface area contributed by atoms with E-state index in [2.05, 4.69) is 33.0 Å². The molecule has 1 unspecified atom stereocenters. The molecule has 1 atom stereocenters. The summed E-state index contributed by atoms with van der Waals surface area (Å²) >= 11 is 0. The van der Waals surface area contributed by atoms with Crippen molar-refractivity contribution >= 4 is 8.07 Å². The molecule has 16 heavy (non-hydrogen) atoms. The van der Waals surface area contributed by atoms with E-state index in [0.717, 1.165) is 5.92 Å². The van der Waals surface area contributed by atoms with Crippen LogP contribution >= 0.6 is 0 Å². The quantitative estimate of drug-likeness (QED) is 0.604. The molecular weight excluding hydrogens is 208 g/mol. The minimum absolute atomic E-state index is 0.789. The molecule has 2 aliphatic rings. The molecule has 89 valence electrons. The Balaban J connectivity index is 2.15. The average Bonchev–Trinajstić information content (AvgIpc) is 2.56. The molecule has 0 saturated carbocycles. The van der Waals surface area contributed by atoms with E-state index in [1.165, 1.54) is 37.8 Å². The van der Waals surface area contributed by atoms with Gasteiger partial charge in [0.05, 0.1) is 0 Å². The maximum atomic E-state index is 3.67. The number of hydrogen-bond donors (Lipinski definition) is 0. The van der Waals surface area contributed by atoms with E-state index >= 15 is 0 Å². The first-order valence-corrected chi connectivity index (χ1v) is 10.3. The molecule has 0 aliphatic heterocycles. The van der Waals surface area contributed by atoms with Crippen LogP contribution in [0.1, 0.15) is 39.5 Å². The van der Waals surface area contributed by atoms with Crippen molar-refractivity contribution < 1.29 is 0 Å². The second kappa shape index (κ2) is 4.52. The van der Waals surface area contributed by atoms with E-state index < -0.39 is 8.07 Å². The fraction of sp³-hybridized carbons (Fsp3) is 0.733. The fourth-order valence-electron chi connectivity index (χ4n) is 3.02. The smallest absolute Gasteiger partial charge is 0.0480 e. The summed E-state index contributed by atoms with van der Waals surface area (Å²) in [5, 5.41) is 0.